The molecule has 1 N–H and O–H groups in total. The largest absolute Gasteiger partial charge is 0.385 e. The van der Waals surface area contributed by atoms with Crippen molar-refractivity contribution in [2.24, 2.45) is 0 Å². The lowest BCUT2D eigenvalue weighted by Crippen LogP contribution is -2.37. The van der Waals surface area contributed by atoms with E-state index in [9.17, 15) is 0 Å². The molecule has 1 saturated heterocycles. The minimum atomic E-state index is 0.452. The molecule has 18 heavy (non-hydrogen) atoms. The molecule has 5 nitrogen and oxygen atoms in total. The van der Waals surface area contributed by atoms with E-state index in [1.807, 2.05) is 12.1 Å². The fourth-order valence-corrected chi connectivity index (χ4v) is 1.96. The quantitative estimate of drug-likeness (QED) is 0.788. The van der Waals surface area contributed by atoms with Gasteiger partial charge in [-0.25, -0.2) is 4.98 Å². The van der Waals surface area contributed by atoms with Gasteiger partial charge in [0.1, 0.15) is 11.8 Å². The molecular formula is C13H18N4O. The summed E-state index contributed by atoms with van der Waals surface area (Å²) in [5.41, 5.74) is 1.41. The summed E-state index contributed by atoms with van der Waals surface area (Å²) >= 11 is 0. The second-order valence-corrected chi connectivity index (χ2v) is 4.28. The van der Waals surface area contributed by atoms with Gasteiger partial charge in [-0.2, -0.15) is 5.26 Å². The van der Waals surface area contributed by atoms with Gasteiger partial charge in [-0.05, 0) is 25.1 Å². The van der Waals surface area contributed by atoms with Gasteiger partial charge in [0.25, 0.3) is 0 Å². The molecule has 0 saturated carbocycles. The third kappa shape index (κ3) is 3.99. The smallest absolute Gasteiger partial charge is 0.142 e. The van der Waals surface area contributed by atoms with Crippen LogP contribution in [0, 0.1) is 11.3 Å². The zero-order valence-electron chi connectivity index (χ0n) is 10.4. The van der Waals surface area contributed by atoms with E-state index >= 15 is 0 Å². The Kier molecular flexibility index (Phi) is 4.94. The number of nitriles is 1. The fraction of sp³-hybridized carbons (Fsp3) is 0.538. The minimum Gasteiger partial charge on any atom is -0.385 e. The fourth-order valence-electron chi connectivity index (χ4n) is 1.96. The molecule has 0 aromatic carbocycles. The van der Waals surface area contributed by atoms with Gasteiger partial charge < -0.3 is 10.1 Å². The normalized spacial score (nSPS) is 16.2. The van der Waals surface area contributed by atoms with Crippen molar-refractivity contribution in [1.82, 2.24) is 9.88 Å². The first-order chi connectivity index (χ1) is 8.88. The van der Waals surface area contributed by atoms with Crippen LogP contribution in [0.15, 0.2) is 18.3 Å². The zero-order chi connectivity index (χ0) is 12.6. The van der Waals surface area contributed by atoms with Crippen molar-refractivity contribution in [3.05, 3.63) is 24.0 Å². The lowest BCUT2D eigenvalue weighted by molar-refractivity contribution is 0.0378. The van der Waals surface area contributed by atoms with E-state index in [4.69, 9.17) is 10.00 Å². The molecule has 0 spiro atoms. The summed E-state index contributed by atoms with van der Waals surface area (Å²) in [6.45, 7) is 5.77. The molecule has 1 aliphatic rings. The van der Waals surface area contributed by atoms with E-state index in [1.54, 1.807) is 12.3 Å². The van der Waals surface area contributed by atoms with Gasteiger partial charge in [-0.1, -0.05) is 0 Å². The van der Waals surface area contributed by atoms with Crippen molar-refractivity contribution >= 4 is 5.69 Å². The molecule has 0 aliphatic carbocycles. The van der Waals surface area contributed by atoms with E-state index in [1.165, 1.54) is 0 Å². The lowest BCUT2D eigenvalue weighted by atomic mass is 10.3. The average molecular weight is 246 g/mol. The van der Waals surface area contributed by atoms with E-state index in [-0.39, 0.29) is 0 Å². The SMILES string of the molecule is N#Cc1cc(NCCCN2CCOCC2)ccn1. The van der Waals surface area contributed by atoms with E-state index in [0.717, 1.165) is 51.5 Å². The van der Waals surface area contributed by atoms with Crippen molar-refractivity contribution in [3.63, 3.8) is 0 Å². The van der Waals surface area contributed by atoms with Crippen molar-refractivity contribution in [2.45, 2.75) is 6.42 Å². The van der Waals surface area contributed by atoms with Gasteiger partial charge in [0.15, 0.2) is 0 Å². The highest BCUT2D eigenvalue weighted by Crippen LogP contribution is 2.07. The Morgan fingerprint density at radius 1 is 1.44 bits per heavy atom. The number of pyridine rings is 1. The van der Waals surface area contributed by atoms with Crippen LogP contribution in [0.1, 0.15) is 12.1 Å². The van der Waals surface area contributed by atoms with E-state index in [2.05, 4.69) is 15.2 Å². The third-order valence-electron chi connectivity index (χ3n) is 2.96. The number of ether oxygens (including phenoxy) is 1. The first kappa shape index (κ1) is 12.8. The Morgan fingerprint density at radius 3 is 3.06 bits per heavy atom. The second-order valence-electron chi connectivity index (χ2n) is 4.28. The van der Waals surface area contributed by atoms with Crippen LogP contribution in [0.5, 0.6) is 0 Å². The van der Waals surface area contributed by atoms with Crippen LogP contribution in [-0.2, 0) is 4.74 Å². The zero-order valence-corrected chi connectivity index (χ0v) is 10.4. The van der Waals surface area contributed by atoms with Crippen molar-refractivity contribution in [3.8, 4) is 6.07 Å². The Balaban J connectivity index is 1.67. The first-order valence-corrected chi connectivity index (χ1v) is 6.28. The predicted octanol–water partition coefficient (Wildman–Crippen LogP) is 1.09. The highest BCUT2D eigenvalue weighted by molar-refractivity contribution is 5.45. The molecule has 5 heteroatoms. The molecule has 1 aromatic rings. The Morgan fingerprint density at radius 2 is 2.28 bits per heavy atom. The number of nitrogens with zero attached hydrogens (tertiary/aromatic N) is 3. The summed E-state index contributed by atoms with van der Waals surface area (Å²) < 4.78 is 5.31. The van der Waals surface area contributed by atoms with Crippen molar-refractivity contribution < 1.29 is 4.74 Å². The summed E-state index contributed by atoms with van der Waals surface area (Å²) in [5, 5.41) is 12.1. The molecule has 1 aromatic heterocycles. The molecule has 1 fully saturated rings. The molecular weight excluding hydrogens is 228 g/mol. The molecule has 96 valence electrons. The third-order valence-corrected chi connectivity index (χ3v) is 2.96. The molecule has 0 amide bonds. The second kappa shape index (κ2) is 6.94. The summed E-state index contributed by atoms with van der Waals surface area (Å²) in [7, 11) is 0. The highest BCUT2D eigenvalue weighted by atomic mass is 16.5. The van der Waals surface area contributed by atoms with Gasteiger partial charge in [0, 0.05) is 31.5 Å². The number of nitrogens with one attached hydrogen (secondary N) is 1. The van der Waals surface area contributed by atoms with Gasteiger partial charge in [-0.15, -0.1) is 0 Å². The van der Waals surface area contributed by atoms with Crippen molar-refractivity contribution in [1.29, 1.82) is 5.26 Å². The number of morpholine rings is 1. The molecule has 0 unspecified atom stereocenters. The van der Waals surface area contributed by atoms with Crippen LogP contribution in [-0.4, -0.2) is 49.3 Å². The number of anilines is 1. The topological polar surface area (TPSA) is 61.2 Å². The Hall–Kier alpha value is -1.64. The van der Waals surface area contributed by atoms with Crippen LogP contribution in [0.2, 0.25) is 0 Å². The molecule has 0 radical (unpaired) electrons. The van der Waals surface area contributed by atoms with E-state index < -0.39 is 0 Å². The maximum Gasteiger partial charge on any atom is 0.142 e. The van der Waals surface area contributed by atoms with E-state index in [0.29, 0.717) is 5.69 Å². The maximum atomic E-state index is 8.75. The minimum absolute atomic E-state index is 0.452. The maximum absolute atomic E-state index is 8.75. The molecule has 0 atom stereocenters. The van der Waals surface area contributed by atoms with Crippen LogP contribution >= 0.6 is 0 Å². The number of hydrogen-bond donors (Lipinski definition) is 1. The van der Waals surface area contributed by atoms with Gasteiger partial charge in [0.2, 0.25) is 0 Å². The predicted molar refractivity (Wildman–Crippen MR) is 69.3 cm³/mol. The van der Waals surface area contributed by atoms with Crippen LogP contribution in [0.3, 0.4) is 0 Å². The number of hydrogen-bond acceptors (Lipinski definition) is 5. The molecule has 1 aliphatic heterocycles. The molecule has 0 bridgehead atoms. The van der Waals surface area contributed by atoms with Crippen LogP contribution < -0.4 is 5.32 Å². The summed E-state index contributed by atoms with van der Waals surface area (Å²) in [6, 6.07) is 5.69. The number of rotatable bonds is 5. The van der Waals surface area contributed by atoms with Gasteiger partial charge in [0.05, 0.1) is 13.2 Å². The van der Waals surface area contributed by atoms with Crippen molar-refractivity contribution in [2.75, 3.05) is 44.7 Å². The summed E-state index contributed by atoms with van der Waals surface area (Å²) in [4.78, 5) is 6.35. The average Bonchev–Trinajstić information content (AvgIpc) is 2.45. The van der Waals surface area contributed by atoms with Crippen LogP contribution in [0.25, 0.3) is 0 Å². The Labute approximate surface area is 107 Å². The van der Waals surface area contributed by atoms with Gasteiger partial charge in [-0.3, -0.25) is 4.90 Å². The molecule has 2 heterocycles. The first-order valence-electron chi connectivity index (χ1n) is 6.28. The standard InChI is InChI=1S/C13H18N4O/c14-11-13-10-12(2-4-16-13)15-3-1-5-17-6-8-18-9-7-17/h2,4,10H,1,3,5-9H2,(H,15,16). The highest BCUT2D eigenvalue weighted by Gasteiger charge is 2.08. The van der Waals surface area contributed by atoms with Gasteiger partial charge >= 0.3 is 0 Å². The summed E-state index contributed by atoms with van der Waals surface area (Å²) in [6.07, 6.45) is 2.74. The summed E-state index contributed by atoms with van der Waals surface area (Å²) in [5.74, 6) is 0. The van der Waals surface area contributed by atoms with Crippen LogP contribution in [0.4, 0.5) is 5.69 Å². The monoisotopic (exact) mass is 246 g/mol. The Bertz CT molecular complexity index is 410. The number of aromatic nitrogens is 1. The lowest BCUT2D eigenvalue weighted by Gasteiger charge is -2.26. The molecule has 2 rings (SSSR count).